The van der Waals surface area contributed by atoms with Gasteiger partial charge < -0.3 is 5.32 Å². The van der Waals surface area contributed by atoms with Crippen LogP contribution in [0.15, 0.2) is 48.5 Å². The lowest BCUT2D eigenvalue weighted by Crippen LogP contribution is -2.31. The lowest BCUT2D eigenvalue weighted by Gasteiger charge is -2.15. The smallest absolute Gasteiger partial charge is 0.321 e. The molecule has 3 rings (SSSR count). The van der Waals surface area contributed by atoms with Gasteiger partial charge in [0.15, 0.2) is 5.13 Å². The summed E-state index contributed by atoms with van der Waals surface area (Å²) >= 11 is 7.58. The Balaban J connectivity index is 1.68. The molecule has 0 saturated heterocycles. The number of fused-ring (bicyclic) bond motifs is 1. The van der Waals surface area contributed by atoms with Gasteiger partial charge in [-0.2, -0.15) is 0 Å². The first-order valence-corrected chi connectivity index (χ1v) is 8.00. The third-order valence-corrected chi connectivity index (χ3v) is 4.53. The van der Waals surface area contributed by atoms with Crippen molar-refractivity contribution in [1.82, 2.24) is 10.3 Å². The van der Waals surface area contributed by atoms with Crippen LogP contribution in [0.25, 0.3) is 10.2 Å². The lowest BCUT2D eigenvalue weighted by atomic mass is 10.1. The topological polar surface area (TPSA) is 54.0 Å². The molecule has 0 saturated carbocycles. The normalized spacial score (nSPS) is 12.1. The lowest BCUT2D eigenvalue weighted by molar-refractivity contribution is 0.249. The number of aromatic nitrogens is 1. The molecule has 1 heterocycles. The summed E-state index contributed by atoms with van der Waals surface area (Å²) in [5, 5.41) is 6.84. The summed E-state index contributed by atoms with van der Waals surface area (Å²) in [6.07, 6.45) is 0. The predicted molar refractivity (Wildman–Crippen MR) is 91.6 cm³/mol. The maximum Gasteiger partial charge on any atom is 0.321 e. The average Bonchev–Trinajstić information content (AvgIpc) is 2.89. The Morgan fingerprint density at radius 1 is 1.18 bits per heavy atom. The Kier molecular flexibility index (Phi) is 4.27. The monoisotopic (exact) mass is 331 g/mol. The minimum absolute atomic E-state index is 0.192. The van der Waals surface area contributed by atoms with Gasteiger partial charge in [-0.1, -0.05) is 53.3 Å². The van der Waals surface area contributed by atoms with Crippen molar-refractivity contribution in [2.45, 2.75) is 13.0 Å². The standard InChI is InChI=1S/C16H14ClN3OS/c1-10(11-6-2-3-7-12(11)17)18-15(21)20-16-19-13-8-4-5-9-14(13)22-16/h2-10H,1H3,(H2,18,19,20,21)/t10-/m1/s1. The van der Waals surface area contributed by atoms with Gasteiger partial charge in [0.2, 0.25) is 0 Å². The van der Waals surface area contributed by atoms with Gasteiger partial charge in [0.1, 0.15) is 0 Å². The zero-order valence-electron chi connectivity index (χ0n) is 11.8. The fourth-order valence-electron chi connectivity index (χ4n) is 2.16. The molecule has 112 valence electrons. The van der Waals surface area contributed by atoms with E-state index in [0.29, 0.717) is 10.2 Å². The number of amides is 2. The van der Waals surface area contributed by atoms with E-state index in [4.69, 9.17) is 11.6 Å². The van der Waals surface area contributed by atoms with E-state index in [2.05, 4.69) is 15.6 Å². The van der Waals surface area contributed by atoms with Crippen LogP contribution in [0.1, 0.15) is 18.5 Å². The second-order valence-electron chi connectivity index (χ2n) is 4.83. The second kappa shape index (κ2) is 6.34. The first-order valence-electron chi connectivity index (χ1n) is 6.81. The summed E-state index contributed by atoms with van der Waals surface area (Å²) in [5.41, 5.74) is 1.76. The fraction of sp³-hybridized carbons (Fsp3) is 0.125. The zero-order valence-corrected chi connectivity index (χ0v) is 13.4. The van der Waals surface area contributed by atoms with Crippen molar-refractivity contribution in [3.8, 4) is 0 Å². The molecule has 2 N–H and O–H groups in total. The zero-order chi connectivity index (χ0) is 15.5. The minimum Gasteiger partial charge on any atom is -0.331 e. The van der Waals surface area contributed by atoms with Gasteiger partial charge in [-0.05, 0) is 30.7 Å². The van der Waals surface area contributed by atoms with Crippen molar-refractivity contribution >= 4 is 44.3 Å². The Hall–Kier alpha value is -2.11. The number of urea groups is 1. The van der Waals surface area contributed by atoms with Gasteiger partial charge in [-0.15, -0.1) is 0 Å². The van der Waals surface area contributed by atoms with Crippen molar-refractivity contribution in [2.75, 3.05) is 5.32 Å². The third-order valence-electron chi connectivity index (χ3n) is 3.23. The summed E-state index contributed by atoms with van der Waals surface area (Å²) in [6.45, 7) is 1.89. The minimum atomic E-state index is -0.300. The molecular formula is C16H14ClN3OS. The number of nitrogens with zero attached hydrogens (tertiary/aromatic N) is 1. The predicted octanol–water partition coefficient (Wildman–Crippen LogP) is 4.83. The number of anilines is 1. The maximum absolute atomic E-state index is 12.1. The van der Waals surface area contributed by atoms with Crippen LogP contribution in [0.5, 0.6) is 0 Å². The van der Waals surface area contributed by atoms with Crippen molar-refractivity contribution in [3.63, 3.8) is 0 Å². The molecule has 2 aromatic carbocycles. The number of hydrogen-bond acceptors (Lipinski definition) is 3. The molecule has 0 aliphatic carbocycles. The Morgan fingerprint density at radius 3 is 2.68 bits per heavy atom. The molecule has 6 heteroatoms. The van der Waals surface area contributed by atoms with E-state index < -0.39 is 0 Å². The highest BCUT2D eigenvalue weighted by molar-refractivity contribution is 7.22. The van der Waals surface area contributed by atoms with Crippen LogP contribution in [-0.2, 0) is 0 Å². The van der Waals surface area contributed by atoms with Crippen molar-refractivity contribution in [2.24, 2.45) is 0 Å². The molecule has 0 bridgehead atoms. The highest BCUT2D eigenvalue weighted by atomic mass is 35.5. The van der Waals surface area contributed by atoms with E-state index in [1.807, 2.05) is 49.4 Å². The largest absolute Gasteiger partial charge is 0.331 e. The number of nitrogens with one attached hydrogen (secondary N) is 2. The van der Waals surface area contributed by atoms with Crippen LogP contribution in [0.4, 0.5) is 9.93 Å². The molecule has 0 radical (unpaired) electrons. The summed E-state index contributed by atoms with van der Waals surface area (Å²) < 4.78 is 1.04. The van der Waals surface area contributed by atoms with Crippen molar-refractivity contribution in [1.29, 1.82) is 0 Å². The summed E-state index contributed by atoms with van der Waals surface area (Å²) in [4.78, 5) is 16.5. The van der Waals surface area contributed by atoms with Gasteiger partial charge in [0.05, 0.1) is 16.3 Å². The van der Waals surface area contributed by atoms with E-state index in [9.17, 15) is 4.79 Å². The van der Waals surface area contributed by atoms with Gasteiger partial charge >= 0.3 is 6.03 Å². The van der Waals surface area contributed by atoms with Crippen LogP contribution < -0.4 is 10.6 Å². The fourth-order valence-corrected chi connectivity index (χ4v) is 3.32. The SMILES string of the molecule is C[C@@H](NC(=O)Nc1nc2ccccc2s1)c1ccccc1Cl. The summed E-state index contributed by atoms with van der Waals surface area (Å²) in [7, 11) is 0. The third kappa shape index (κ3) is 3.21. The van der Waals surface area contributed by atoms with E-state index >= 15 is 0 Å². The van der Waals surface area contributed by atoms with Crippen LogP contribution in [0, 0.1) is 0 Å². The molecule has 1 atom stereocenters. The first-order chi connectivity index (χ1) is 10.6. The number of benzene rings is 2. The van der Waals surface area contributed by atoms with Crippen LogP contribution in [-0.4, -0.2) is 11.0 Å². The Labute approximate surface area is 137 Å². The average molecular weight is 332 g/mol. The molecule has 2 amide bonds. The van der Waals surface area contributed by atoms with Crippen molar-refractivity contribution < 1.29 is 4.79 Å². The van der Waals surface area contributed by atoms with E-state index in [0.717, 1.165) is 15.8 Å². The molecule has 0 unspecified atom stereocenters. The first kappa shape index (κ1) is 14.8. The second-order valence-corrected chi connectivity index (χ2v) is 6.27. The number of halogens is 1. The molecule has 4 nitrogen and oxygen atoms in total. The Bertz CT molecular complexity index is 785. The van der Waals surface area contributed by atoms with Gasteiger partial charge in [-0.3, -0.25) is 5.32 Å². The molecule has 3 aromatic rings. The van der Waals surface area contributed by atoms with E-state index in [-0.39, 0.29) is 12.1 Å². The Morgan fingerprint density at radius 2 is 1.91 bits per heavy atom. The number of rotatable bonds is 3. The highest BCUT2D eigenvalue weighted by Gasteiger charge is 2.13. The highest BCUT2D eigenvalue weighted by Crippen LogP contribution is 2.26. The maximum atomic E-state index is 12.1. The molecular weight excluding hydrogens is 318 g/mol. The molecule has 1 aromatic heterocycles. The molecule has 22 heavy (non-hydrogen) atoms. The van der Waals surface area contributed by atoms with Crippen molar-refractivity contribution in [3.05, 3.63) is 59.1 Å². The summed E-state index contributed by atoms with van der Waals surface area (Å²) in [5.74, 6) is 0. The van der Waals surface area contributed by atoms with E-state index in [1.165, 1.54) is 11.3 Å². The summed E-state index contributed by atoms with van der Waals surface area (Å²) in [6, 6.07) is 14.7. The number of para-hydroxylation sites is 1. The number of thiazole rings is 1. The van der Waals surface area contributed by atoms with Gasteiger partial charge in [0, 0.05) is 5.02 Å². The van der Waals surface area contributed by atoms with Gasteiger partial charge in [-0.25, -0.2) is 9.78 Å². The number of carbonyl (C=O) groups excluding carboxylic acids is 1. The van der Waals surface area contributed by atoms with E-state index in [1.54, 1.807) is 6.07 Å². The van der Waals surface area contributed by atoms with Crippen LogP contribution in [0.3, 0.4) is 0 Å². The molecule has 0 aliphatic rings. The quantitative estimate of drug-likeness (QED) is 0.722. The molecule has 0 fully saturated rings. The number of carbonyl (C=O) groups is 1. The van der Waals surface area contributed by atoms with Crippen LogP contribution >= 0.6 is 22.9 Å². The molecule has 0 spiro atoms. The van der Waals surface area contributed by atoms with Gasteiger partial charge in [0.25, 0.3) is 0 Å². The molecule has 0 aliphatic heterocycles. The number of hydrogen-bond donors (Lipinski definition) is 2. The van der Waals surface area contributed by atoms with Crippen LogP contribution in [0.2, 0.25) is 5.02 Å².